The fourth-order valence-electron chi connectivity index (χ4n) is 3.35. The highest BCUT2D eigenvalue weighted by Gasteiger charge is 2.23. The highest BCUT2D eigenvalue weighted by atomic mass is 32.1. The van der Waals surface area contributed by atoms with Gasteiger partial charge in [0.1, 0.15) is 17.2 Å². The summed E-state index contributed by atoms with van der Waals surface area (Å²) in [5.41, 5.74) is 0.561. The predicted molar refractivity (Wildman–Crippen MR) is 111 cm³/mol. The Labute approximate surface area is 170 Å². The summed E-state index contributed by atoms with van der Waals surface area (Å²) in [5, 5.41) is 5.07. The summed E-state index contributed by atoms with van der Waals surface area (Å²) >= 11 is 1.55. The van der Waals surface area contributed by atoms with Gasteiger partial charge in [-0.3, -0.25) is 9.59 Å². The van der Waals surface area contributed by atoms with Gasteiger partial charge in [0.25, 0.3) is 11.5 Å². The minimum absolute atomic E-state index is 0.0678. The number of furan rings is 1. The van der Waals surface area contributed by atoms with Crippen LogP contribution in [-0.4, -0.2) is 10.5 Å². The molecule has 4 rings (SSSR count). The molecule has 1 aromatic carbocycles. The molecule has 0 spiro atoms. The molecule has 0 radical (unpaired) electrons. The van der Waals surface area contributed by atoms with Crippen LogP contribution >= 0.6 is 11.3 Å². The van der Waals surface area contributed by atoms with Crippen LogP contribution in [0.3, 0.4) is 0 Å². The molecule has 5 nitrogen and oxygen atoms in total. The molecular weight excluding hydrogens is 391 g/mol. The van der Waals surface area contributed by atoms with Crippen molar-refractivity contribution >= 4 is 28.2 Å². The van der Waals surface area contributed by atoms with Gasteiger partial charge in [-0.2, -0.15) is 0 Å². The Bertz CT molecular complexity index is 1240. The molecule has 29 heavy (non-hydrogen) atoms. The van der Waals surface area contributed by atoms with Crippen LogP contribution in [0.2, 0.25) is 0 Å². The molecule has 3 heterocycles. The molecule has 7 heteroatoms. The molecule has 1 atom stereocenters. The number of aromatic nitrogens is 1. The molecule has 4 aromatic rings. The van der Waals surface area contributed by atoms with Crippen molar-refractivity contribution in [3.8, 4) is 0 Å². The number of amides is 1. The summed E-state index contributed by atoms with van der Waals surface area (Å²) in [6.07, 6.45) is 1.55. The van der Waals surface area contributed by atoms with Gasteiger partial charge in [-0.05, 0) is 37.4 Å². The number of benzene rings is 1. The number of hydrogen-bond donors (Lipinski definition) is 1. The van der Waals surface area contributed by atoms with Crippen LogP contribution in [0, 0.1) is 12.7 Å². The first kappa shape index (κ1) is 19.1. The monoisotopic (exact) mass is 410 g/mol. The lowest BCUT2D eigenvalue weighted by Crippen LogP contribution is -2.28. The quantitative estimate of drug-likeness (QED) is 0.521. The molecule has 0 saturated heterocycles. The number of thiophene rings is 1. The number of nitrogens with zero attached hydrogens (tertiary/aromatic N) is 1. The average Bonchev–Trinajstić information content (AvgIpc) is 3.33. The maximum Gasteiger partial charge on any atom is 0.262 e. The van der Waals surface area contributed by atoms with E-state index >= 15 is 0 Å². The fourth-order valence-corrected chi connectivity index (χ4v) is 4.08. The van der Waals surface area contributed by atoms with E-state index < -0.39 is 5.56 Å². The van der Waals surface area contributed by atoms with Crippen molar-refractivity contribution in [1.29, 1.82) is 0 Å². The lowest BCUT2D eigenvalue weighted by Gasteiger charge is -2.12. The second-order valence-corrected chi connectivity index (χ2v) is 7.80. The molecule has 3 aromatic heterocycles. The molecule has 1 N–H and O–H groups in total. The summed E-state index contributed by atoms with van der Waals surface area (Å²) in [4.78, 5) is 27.1. The van der Waals surface area contributed by atoms with Crippen LogP contribution in [0.15, 0.2) is 63.3 Å². The van der Waals surface area contributed by atoms with E-state index in [1.165, 1.54) is 10.6 Å². The van der Waals surface area contributed by atoms with Gasteiger partial charge in [0.15, 0.2) is 0 Å². The molecule has 148 valence electrons. The van der Waals surface area contributed by atoms with Gasteiger partial charge in [-0.25, -0.2) is 4.39 Å². The Morgan fingerprint density at radius 1 is 1.24 bits per heavy atom. The van der Waals surface area contributed by atoms with E-state index in [1.54, 1.807) is 48.7 Å². The lowest BCUT2D eigenvalue weighted by atomic mass is 10.1. The van der Waals surface area contributed by atoms with Gasteiger partial charge < -0.3 is 14.3 Å². The SMILES string of the molecule is Cc1oc2ccn(Cc3ccccc3F)c(=O)c2c1C(=O)N[C@@H](C)c1cccs1. The fraction of sp³-hybridized carbons (Fsp3) is 0.182. The normalized spacial score (nSPS) is 12.2. The Hall–Kier alpha value is -3.19. The highest BCUT2D eigenvalue weighted by molar-refractivity contribution is 7.10. The van der Waals surface area contributed by atoms with Gasteiger partial charge in [0.2, 0.25) is 0 Å². The van der Waals surface area contributed by atoms with E-state index in [0.29, 0.717) is 16.9 Å². The van der Waals surface area contributed by atoms with Crippen molar-refractivity contribution in [2.45, 2.75) is 26.4 Å². The van der Waals surface area contributed by atoms with Crippen molar-refractivity contribution in [3.63, 3.8) is 0 Å². The van der Waals surface area contributed by atoms with Crippen LogP contribution in [0.25, 0.3) is 11.0 Å². The molecule has 0 fully saturated rings. The van der Waals surface area contributed by atoms with E-state index in [9.17, 15) is 14.0 Å². The number of rotatable bonds is 5. The summed E-state index contributed by atoms with van der Waals surface area (Å²) in [6.45, 7) is 3.61. The molecule has 1 amide bonds. The van der Waals surface area contributed by atoms with Crippen LogP contribution in [0.5, 0.6) is 0 Å². The molecule has 0 saturated carbocycles. The summed E-state index contributed by atoms with van der Waals surface area (Å²) in [7, 11) is 0. The third-order valence-electron chi connectivity index (χ3n) is 4.84. The summed E-state index contributed by atoms with van der Waals surface area (Å²) < 4.78 is 21.1. The van der Waals surface area contributed by atoms with Crippen molar-refractivity contribution in [2.24, 2.45) is 0 Å². The van der Waals surface area contributed by atoms with Crippen molar-refractivity contribution in [1.82, 2.24) is 9.88 Å². The minimum Gasteiger partial charge on any atom is -0.460 e. The predicted octanol–water partition coefficient (Wildman–Crippen LogP) is 4.64. The van der Waals surface area contributed by atoms with Crippen LogP contribution in [0.1, 0.15) is 39.5 Å². The topological polar surface area (TPSA) is 64.2 Å². The minimum atomic E-state index is -0.392. The molecule has 0 aliphatic rings. The van der Waals surface area contributed by atoms with Crippen LogP contribution in [-0.2, 0) is 6.54 Å². The highest BCUT2D eigenvalue weighted by Crippen LogP contribution is 2.25. The Balaban J connectivity index is 1.73. The number of pyridine rings is 1. The maximum absolute atomic E-state index is 14.0. The van der Waals surface area contributed by atoms with Gasteiger partial charge in [0, 0.05) is 16.6 Å². The number of nitrogens with one attached hydrogen (secondary N) is 1. The van der Waals surface area contributed by atoms with E-state index in [-0.39, 0.29) is 35.3 Å². The third kappa shape index (κ3) is 3.61. The Morgan fingerprint density at radius 2 is 2.03 bits per heavy atom. The van der Waals surface area contributed by atoms with Gasteiger partial charge in [0.05, 0.1) is 23.5 Å². The van der Waals surface area contributed by atoms with Gasteiger partial charge in [-0.1, -0.05) is 24.3 Å². The molecule has 0 aliphatic heterocycles. The first-order valence-corrected chi connectivity index (χ1v) is 10.0. The number of halogens is 1. The van der Waals surface area contributed by atoms with Crippen molar-refractivity contribution in [3.05, 3.63) is 92.0 Å². The first-order valence-electron chi connectivity index (χ1n) is 9.16. The third-order valence-corrected chi connectivity index (χ3v) is 5.89. The second kappa shape index (κ2) is 7.67. The van der Waals surface area contributed by atoms with E-state index in [0.717, 1.165) is 4.88 Å². The van der Waals surface area contributed by atoms with Crippen molar-refractivity contribution < 1.29 is 13.6 Å². The Kier molecular flexibility index (Phi) is 5.07. The number of carbonyl (C=O) groups excluding carboxylic acids is 1. The van der Waals surface area contributed by atoms with Crippen LogP contribution < -0.4 is 10.9 Å². The number of hydrogen-bond acceptors (Lipinski definition) is 4. The number of aryl methyl sites for hydroxylation is 1. The maximum atomic E-state index is 14.0. The standard InChI is InChI=1S/C22H19FN2O3S/c1-13(18-8-5-11-29-18)24-21(26)19-14(2)28-17-9-10-25(22(27)20(17)19)12-15-6-3-4-7-16(15)23/h3-11,13H,12H2,1-2H3,(H,24,26)/t13-/m0/s1. The smallest absolute Gasteiger partial charge is 0.262 e. The van der Waals surface area contributed by atoms with Gasteiger partial charge >= 0.3 is 0 Å². The summed E-state index contributed by atoms with van der Waals surface area (Å²) in [6, 6.07) is 11.6. The molecular formula is C22H19FN2O3S. The zero-order valence-corrected chi connectivity index (χ0v) is 16.8. The molecule has 0 aliphatic carbocycles. The zero-order valence-electron chi connectivity index (χ0n) is 15.9. The lowest BCUT2D eigenvalue weighted by molar-refractivity contribution is 0.0940. The van der Waals surface area contributed by atoms with E-state index in [4.69, 9.17) is 4.42 Å². The van der Waals surface area contributed by atoms with E-state index in [1.807, 2.05) is 24.4 Å². The largest absolute Gasteiger partial charge is 0.460 e. The van der Waals surface area contributed by atoms with E-state index in [2.05, 4.69) is 5.32 Å². The van der Waals surface area contributed by atoms with Crippen LogP contribution in [0.4, 0.5) is 4.39 Å². The zero-order chi connectivity index (χ0) is 20.5. The molecule has 0 unspecified atom stereocenters. The molecule has 0 bridgehead atoms. The second-order valence-electron chi connectivity index (χ2n) is 6.82. The average molecular weight is 410 g/mol. The first-order chi connectivity index (χ1) is 14.0. The van der Waals surface area contributed by atoms with Gasteiger partial charge in [-0.15, -0.1) is 11.3 Å². The van der Waals surface area contributed by atoms with Crippen molar-refractivity contribution in [2.75, 3.05) is 0 Å². The summed E-state index contributed by atoms with van der Waals surface area (Å²) in [5.74, 6) is -0.384. The number of carbonyl (C=O) groups is 1. The number of fused-ring (bicyclic) bond motifs is 1. The Morgan fingerprint density at radius 3 is 2.76 bits per heavy atom.